The van der Waals surface area contributed by atoms with Crippen molar-refractivity contribution in [3.8, 4) is 0 Å². The lowest BCUT2D eigenvalue weighted by molar-refractivity contribution is -0.197. The summed E-state index contributed by atoms with van der Waals surface area (Å²) in [5, 5.41) is 125. The number of aliphatic hydroxyl groups is 12. The minimum Gasteiger partial charge on any atom is -0.479 e. The summed E-state index contributed by atoms with van der Waals surface area (Å²) in [6.07, 6.45) is -23.3. The quantitative estimate of drug-likeness (QED) is 0.0870. The summed E-state index contributed by atoms with van der Waals surface area (Å²) in [5.74, 6) is -1.96. The molecule has 0 aliphatic rings. The van der Waals surface area contributed by atoms with Crippen LogP contribution in [0.3, 0.4) is 0 Å². The predicted octanol–water partition coefficient (Wildman–Crippen LogP) is -6.02. The number of aliphatic carboxylic acids is 1. The third-order valence-corrected chi connectivity index (χ3v) is 5.18. The van der Waals surface area contributed by atoms with Gasteiger partial charge in [0, 0.05) is 6.61 Å². The first-order valence-corrected chi connectivity index (χ1v) is 10.1. The number of aliphatic hydroxyl groups excluding tert-OH is 12. The number of carbonyl (C=O) groups is 1. The second-order valence-electron chi connectivity index (χ2n) is 7.69. The van der Waals surface area contributed by atoms with E-state index >= 15 is 0 Å². The van der Waals surface area contributed by atoms with Crippen molar-refractivity contribution >= 4 is 5.97 Å². The van der Waals surface area contributed by atoms with Crippen LogP contribution in [0.1, 0.15) is 32.1 Å². The van der Waals surface area contributed by atoms with Crippen LogP contribution in [0.5, 0.6) is 0 Å². The molecule has 0 saturated heterocycles. The Morgan fingerprint density at radius 1 is 0.500 bits per heavy atom. The van der Waals surface area contributed by atoms with E-state index in [4.69, 9.17) is 10.2 Å². The summed E-state index contributed by atoms with van der Waals surface area (Å²) in [5.41, 5.74) is 0. The summed E-state index contributed by atoms with van der Waals surface area (Å²) < 4.78 is 0. The minimum atomic E-state index is -2.55. The monoisotopic (exact) mass is 476 g/mol. The molecule has 0 spiro atoms. The molecule has 0 aromatic heterocycles. The van der Waals surface area contributed by atoms with Gasteiger partial charge in [-0.1, -0.05) is 19.3 Å². The highest BCUT2D eigenvalue weighted by molar-refractivity contribution is 5.72. The molecule has 0 saturated carbocycles. The fraction of sp³-hybridized carbons (Fsp3) is 0.944. The average molecular weight is 476 g/mol. The zero-order valence-electron chi connectivity index (χ0n) is 17.3. The lowest BCUT2D eigenvalue weighted by Gasteiger charge is -2.35. The van der Waals surface area contributed by atoms with Gasteiger partial charge in [0.1, 0.15) is 54.9 Å². The first-order valence-electron chi connectivity index (χ1n) is 10.1. The van der Waals surface area contributed by atoms with Gasteiger partial charge in [-0.15, -0.1) is 0 Å². The van der Waals surface area contributed by atoms with Crippen LogP contribution in [-0.4, -0.2) is 146 Å². The summed E-state index contributed by atoms with van der Waals surface area (Å²) in [6.45, 7) is 0.00692. The van der Waals surface area contributed by atoms with Crippen LogP contribution >= 0.6 is 0 Å². The molecule has 0 heterocycles. The van der Waals surface area contributed by atoms with Gasteiger partial charge in [0.05, 0.1) is 6.10 Å². The average Bonchev–Trinajstić information content (AvgIpc) is 2.78. The van der Waals surface area contributed by atoms with Gasteiger partial charge in [0.2, 0.25) is 0 Å². The van der Waals surface area contributed by atoms with Crippen LogP contribution in [0.15, 0.2) is 0 Å². The molecule has 0 fully saturated rings. The molecule has 0 aliphatic carbocycles. The van der Waals surface area contributed by atoms with Gasteiger partial charge < -0.3 is 66.4 Å². The van der Waals surface area contributed by atoms with Crippen LogP contribution in [0.25, 0.3) is 0 Å². The Balaban J connectivity index is 4.91. The van der Waals surface area contributed by atoms with Gasteiger partial charge >= 0.3 is 5.97 Å². The molecular formula is C18H36O14. The molecule has 14 heteroatoms. The third kappa shape index (κ3) is 9.09. The normalized spacial score (nSPS) is 22.6. The van der Waals surface area contributed by atoms with E-state index in [0.717, 1.165) is 0 Å². The Labute approximate surface area is 183 Å². The first kappa shape index (κ1) is 31.0. The van der Waals surface area contributed by atoms with Gasteiger partial charge in [0.25, 0.3) is 0 Å². The van der Waals surface area contributed by atoms with Crippen molar-refractivity contribution in [1.29, 1.82) is 0 Å². The zero-order valence-corrected chi connectivity index (χ0v) is 17.3. The molecule has 14 nitrogen and oxygen atoms in total. The van der Waals surface area contributed by atoms with Crippen molar-refractivity contribution in [2.24, 2.45) is 0 Å². The van der Waals surface area contributed by atoms with E-state index in [-0.39, 0.29) is 13.0 Å². The Morgan fingerprint density at radius 3 is 1.22 bits per heavy atom. The van der Waals surface area contributed by atoms with Crippen molar-refractivity contribution in [1.82, 2.24) is 0 Å². The van der Waals surface area contributed by atoms with Crippen molar-refractivity contribution in [3.63, 3.8) is 0 Å². The first-order chi connectivity index (χ1) is 14.8. The van der Waals surface area contributed by atoms with E-state index in [9.17, 15) is 61.0 Å². The number of rotatable bonds is 17. The Bertz CT molecular complexity index is 522. The van der Waals surface area contributed by atoms with Crippen molar-refractivity contribution in [3.05, 3.63) is 0 Å². The van der Waals surface area contributed by atoms with E-state index in [1.807, 2.05) is 0 Å². The summed E-state index contributed by atoms with van der Waals surface area (Å²) in [7, 11) is 0. The highest BCUT2D eigenvalue weighted by Gasteiger charge is 2.44. The minimum absolute atomic E-state index is 0.00630. The largest absolute Gasteiger partial charge is 0.479 e. The number of carboxylic acids is 1. The van der Waals surface area contributed by atoms with Crippen LogP contribution < -0.4 is 0 Å². The predicted molar refractivity (Wildman–Crippen MR) is 104 cm³/mol. The van der Waals surface area contributed by atoms with Crippen LogP contribution in [0.4, 0.5) is 0 Å². The molecule has 0 bridgehead atoms. The van der Waals surface area contributed by atoms with E-state index in [1.54, 1.807) is 0 Å². The standard InChI is InChI=1S/C18H36O14/c19-6-4-2-1-3-5-7(20)8(21)9(22)10(23)11(24)12(25)13(26)14(27)15(28)16(29)17(30)18(31)32/h7-17,19-30H,1-6H2,(H,31,32). The van der Waals surface area contributed by atoms with Gasteiger partial charge in [0.15, 0.2) is 6.10 Å². The van der Waals surface area contributed by atoms with Crippen LogP contribution in [0, 0.1) is 0 Å². The lowest BCUT2D eigenvalue weighted by atomic mass is 9.89. The van der Waals surface area contributed by atoms with Gasteiger partial charge in [-0.3, -0.25) is 0 Å². The van der Waals surface area contributed by atoms with Gasteiger partial charge in [-0.05, 0) is 12.8 Å². The van der Waals surface area contributed by atoms with Crippen LogP contribution in [0.2, 0.25) is 0 Å². The number of carboxylic acid groups (broad SMARTS) is 1. The maximum atomic E-state index is 10.6. The Morgan fingerprint density at radius 2 is 0.844 bits per heavy atom. The molecule has 11 atom stereocenters. The van der Waals surface area contributed by atoms with Gasteiger partial charge in [-0.25, -0.2) is 4.79 Å². The molecule has 0 amide bonds. The maximum absolute atomic E-state index is 10.6. The molecule has 0 aliphatic heterocycles. The second-order valence-corrected chi connectivity index (χ2v) is 7.69. The highest BCUT2D eigenvalue weighted by Crippen LogP contribution is 2.19. The van der Waals surface area contributed by atoms with Crippen LogP contribution in [-0.2, 0) is 4.79 Å². The summed E-state index contributed by atoms with van der Waals surface area (Å²) in [4.78, 5) is 10.6. The molecule has 0 aromatic rings. The fourth-order valence-electron chi connectivity index (χ4n) is 2.96. The van der Waals surface area contributed by atoms with Crippen molar-refractivity contribution < 1.29 is 71.2 Å². The summed E-state index contributed by atoms with van der Waals surface area (Å²) in [6, 6.07) is 0. The third-order valence-electron chi connectivity index (χ3n) is 5.18. The zero-order chi connectivity index (χ0) is 25.2. The molecule has 192 valence electrons. The highest BCUT2D eigenvalue weighted by atomic mass is 16.4. The second kappa shape index (κ2) is 15.0. The van der Waals surface area contributed by atoms with Crippen molar-refractivity contribution in [2.45, 2.75) is 99.2 Å². The molecule has 13 N–H and O–H groups in total. The van der Waals surface area contributed by atoms with Crippen molar-refractivity contribution in [2.75, 3.05) is 6.61 Å². The van der Waals surface area contributed by atoms with E-state index < -0.39 is 73.1 Å². The molecule has 0 rings (SSSR count). The lowest BCUT2D eigenvalue weighted by Crippen LogP contribution is -2.59. The molecular weight excluding hydrogens is 440 g/mol. The Hall–Kier alpha value is -1.01. The number of hydrogen-bond donors (Lipinski definition) is 13. The molecule has 11 unspecified atom stereocenters. The smallest absolute Gasteiger partial charge is 0.335 e. The van der Waals surface area contributed by atoms with E-state index in [2.05, 4.69) is 0 Å². The Kier molecular flexibility index (Phi) is 14.5. The topological polar surface area (TPSA) is 280 Å². The number of unbranched alkanes of at least 4 members (excludes halogenated alkanes) is 3. The summed E-state index contributed by atoms with van der Waals surface area (Å²) >= 11 is 0. The SMILES string of the molecule is O=C(O)C(O)C(O)C(O)C(O)C(O)C(O)C(O)C(O)C(O)C(O)C(O)CCCCCCO. The fourth-order valence-corrected chi connectivity index (χ4v) is 2.96. The number of hydrogen-bond acceptors (Lipinski definition) is 13. The van der Waals surface area contributed by atoms with Gasteiger partial charge in [-0.2, -0.15) is 0 Å². The van der Waals surface area contributed by atoms with E-state index in [0.29, 0.717) is 25.7 Å². The molecule has 0 aromatic carbocycles. The molecule has 0 radical (unpaired) electrons. The molecule has 32 heavy (non-hydrogen) atoms. The van der Waals surface area contributed by atoms with E-state index in [1.165, 1.54) is 0 Å². The maximum Gasteiger partial charge on any atom is 0.335 e.